The zero-order chi connectivity index (χ0) is 14.3. The first-order valence-electron chi connectivity index (χ1n) is 6.20. The summed E-state index contributed by atoms with van der Waals surface area (Å²) in [5.74, 6) is -0.0492. The van der Waals surface area contributed by atoms with E-state index in [0.717, 1.165) is 23.5 Å². The van der Waals surface area contributed by atoms with Gasteiger partial charge in [-0.1, -0.05) is 13.0 Å². The lowest BCUT2D eigenvalue weighted by molar-refractivity contribution is -0.119. The SMILES string of the molecule is CCCN(CC(=O)NC)c1cccc(SC)c1C#N. The second kappa shape index (κ2) is 7.70. The highest BCUT2D eigenvalue weighted by atomic mass is 32.2. The predicted octanol–water partition coefficient (Wildman–Crippen LogP) is 2.24. The quantitative estimate of drug-likeness (QED) is 0.810. The van der Waals surface area contributed by atoms with Crippen LogP contribution in [-0.4, -0.2) is 32.3 Å². The first kappa shape index (κ1) is 15.4. The van der Waals surface area contributed by atoms with Crippen LogP contribution >= 0.6 is 11.8 Å². The number of amides is 1. The second-order valence-corrected chi connectivity index (χ2v) is 4.91. The van der Waals surface area contributed by atoms with E-state index in [9.17, 15) is 10.1 Å². The maximum Gasteiger partial charge on any atom is 0.239 e. The molecule has 0 saturated carbocycles. The third-order valence-electron chi connectivity index (χ3n) is 2.78. The lowest BCUT2D eigenvalue weighted by atomic mass is 10.1. The molecule has 0 spiro atoms. The first-order valence-corrected chi connectivity index (χ1v) is 7.43. The Morgan fingerprint density at radius 1 is 1.53 bits per heavy atom. The number of anilines is 1. The van der Waals surface area contributed by atoms with Crippen LogP contribution in [0.2, 0.25) is 0 Å². The van der Waals surface area contributed by atoms with Crippen LogP contribution in [-0.2, 0) is 4.79 Å². The molecule has 0 fully saturated rings. The fourth-order valence-corrected chi connectivity index (χ4v) is 2.44. The number of carbonyl (C=O) groups is 1. The van der Waals surface area contributed by atoms with E-state index in [-0.39, 0.29) is 12.5 Å². The zero-order valence-corrected chi connectivity index (χ0v) is 12.4. The van der Waals surface area contributed by atoms with E-state index in [0.29, 0.717) is 5.56 Å². The molecule has 5 heteroatoms. The normalized spacial score (nSPS) is 9.79. The Bertz CT molecular complexity index is 482. The molecule has 0 bridgehead atoms. The maximum atomic E-state index is 11.6. The molecule has 0 aliphatic carbocycles. The van der Waals surface area contributed by atoms with Gasteiger partial charge in [-0.3, -0.25) is 4.79 Å². The number of thioether (sulfide) groups is 1. The van der Waals surface area contributed by atoms with E-state index < -0.39 is 0 Å². The van der Waals surface area contributed by atoms with E-state index in [4.69, 9.17) is 0 Å². The van der Waals surface area contributed by atoms with Crippen LogP contribution in [0.15, 0.2) is 23.1 Å². The highest BCUT2D eigenvalue weighted by Gasteiger charge is 2.15. The minimum Gasteiger partial charge on any atom is -0.361 e. The molecule has 0 radical (unpaired) electrons. The van der Waals surface area contributed by atoms with Crippen LogP contribution in [0.3, 0.4) is 0 Å². The van der Waals surface area contributed by atoms with Crippen molar-refractivity contribution >= 4 is 23.4 Å². The van der Waals surface area contributed by atoms with Gasteiger partial charge in [0.2, 0.25) is 5.91 Å². The van der Waals surface area contributed by atoms with Crippen molar-refractivity contribution in [1.29, 1.82) is 5.26 Å². The van der Waals surface area contributed by atoms with Crippen molar-refractivity contribution in [2.75, 3.05) is 31.3 Å². The molecule has 4 nitrogen and oxygen atoms in total. The number of hydrogen-bond donors (Lipinski definition) is 1. The number of carbonyl (C=O) groups excluding carboxylic acids is 1. The first-order chi connectivity index (χ1) is 9.17. The Morgan fingerprint density at radius 3 is 2.79 bits per heavy atom. The molecule has 0 aliphatic rings. The summed E-state index contributed by atoms with van der Waals surface area (Å²) in [4.78, 5) is 14.5. The molecule has 1 amide bonds. The van der Waals surface area contributed by atoms with Crippen LogP contribution in [0.25, 0.3) is 0 Å². The number of nitrogens with one attached hydrogen (secondary N) is 1. The molecular formula is C14H19N3OS. The van der Waals surface area contributed by atoms with Gasteiger partial charge in [0.05, 0.1) is 17.8 Å². The van der Waals surface area contributed by atoms with Gasteiger partial charge in [-0.25, -0.2) is 0 Å². The molecule has 0 aromatic heterocycles. The summed E-state index contributed by atoms with van der Waals surface area (Å²) in [7, 11) is 1.62. The predicted molar refractivity (Wildman–Crippen MR) is 79.5 cm³/mol. The summed E-state index contributed by atoms with van der Waals surface area (Å²) in [6.45, 7) is 3.08. The van der Waals surface area contributed by atoms with Gasteiger partial charge in [0.25, 0.3) is 0 Å². The Hall–Kier alpha value is -1.67. The Balaban J connectivity index is 3.15. The monoisotopic (exact) mass is 277 g/mol. The van der Waals surface area contributed by atoms with Crippen molar-refractivity contribution in [3.8, 4) is 6.07 Å². The largest absolute Gasteiger partial charge is 0.361 e. The molecule has 0 atom stereocenters. The molecule has 102 valence electrons. The maximum absolute atomic E-state index is 11.6. The van der Waals surface area contributed by atoms with E-state index in [2.05, 4.69) is 18.3 Å². The average Bonchev–Trinajstić information content (AvgIpc) is 2.45. The van der Waals surface area contributed by atoms with Crippen molar-refractivity contribution in [3.63, 3.8) is 0 Å². The van der Waals surface area contributed by atoms with Crippen LogP contribution in [0.1, 0.15) is 18.9 Å². The number of hydrogen-bond acceptors (Lipinski definition) is 4. The summed E-state index contributed by atoms with van der Waals surface area (Å²) in [6, 6.07) is 8.00. The zero-order valence-electron chi connectivity index (χ0n) is 11.6. The third-order valence-corrected chi connectivity index (χ3v) is 3.56. The molecule has 1 N–H and O–H groups in total. The Kier molecular flexibility index (Phi) is 6.23. The molecule has 1 rings (SSSR count). The highest BCUT2D eigenvalue weighted by molar-refractivity contribution is 7.98. The van der Waals surface area contributed by atoms with Gasteiger partial charge >= 0.3 is 0 Å². The van der Waals surface area contributed by atoms with Crippen LogP contribution in [0.4, 0.5) is 5.69 Å². The Labute approximate surface area is 118 Å². The fourth-order valence-electron chi connectivity index (χ4n) is 1.87. The smallest absolute Gasteiger partial charge is 0.239 e. The number of nitrogens with zero attached hydrogens (tertiary/aromatic N) is 2. The molecule has 19 heavy (non-hydrogen) atoms. The molecule has 1 aromatic rings. The number of likely N-dealkylation sites (N-methyl/N-ethyl adjacent to an activating group) is 1. The van der Waals surface area contributed by atoms with Crippen molar-refractivity contribution in [2.24, 2.45) is 0 Å². The molecule has 0 unspecified atom stereocenters. The second-order valence-electron chi connectivity index (χ2n) is 4.06. The highest BCUT2D eigenvalue weighted by Crippen LogP contribution is 2.29. The van der Waals surface area contributed by atoms with Crippen LogP contribution < -0.4 is 10.2 Å². The topological polar surface area (TPSA) is 56.1 Å². The summed E-state index contributed by atoms with van der Waals surface area (Å²) in [6.07, 6.45) is 2.87. The fraction of sp³-hybridized carbons (Fsp3) is 0.429. The molecule has 0 saturated heterocycles. The van der Waals surface area contributed by atoms with Crippen molar-refractivity contribution < 1.29 is 4.79 Å². The standard InChI is InChI=1S/C14H19N3OS/c1-4-8-17(10-14(18)16-2)12-6-5-7-13(19-3)11(12)9-15/h5-7H,4,8,10H2,1-3H3,(H,16,18). The van der Waals surface area contributed by atoms with Gasteiger partial charge in [-0.15, -0.1) is 11.8 Å². The third kappa shape index (κ3) is 3.90. The number of nitriles is 1. The van der Waals surface area contributed by atoms with Crippen molar-refractivity contribution in [2.45, 2.75) is 18.2 Å². The van der Waals surface area contributed by atoms with Crippen molar-refractivity contribution in [3.05, 3.63) is 23.8 Å². The molecule has 0 heterocycles. The lowest BCUT2D eigenvalue weighted by Crippen LogP contribution is -2.36. The number of rotatable bonds is 6. The van der Waals surface area contributed by atoms with Gasteiger partial charge in [0.1, 0.15) is 6.07 Å². The van der Waals surface area contributed by atoms with Gasteiger partial charge in [-0.2, -0.15) is 5.26 Å². The minimum atomic E-state index is -0.0492. The van der Waals surface area contributed by atoms with Gasteiger partial charge in [-0.05, 0) is 24.8 Å². The Morgan fingerprint density at radius 2 is 2.26 bits per heavy atom. The lowest BCUT2D eigenvalue weighted by Gasteiger charge is -2.25. The van der Waals surface area contributed by atoms with Gasteiger partial charge in [0, 0.05) is 18.5 Å². The minimum absolute atomic E-state index is 0.0492. The molecule has 1 aromatic carbocycles. The summed E-state index contributed by atoms with van der Waals surface area (Å²) in [5.41, 5.74) is 1.48. The summed E-state index contributed by atoms with van der Waals surface area (Å²) >= 11 is 1.54. The van der Waals surface area contributed by atoms with E-state index in [1.807, 2.05) is 29.4 Å². The van der Waals surface area contributed by atoms with E-state index in [1.165, 1.54) is 0 Å². The summed E-state index contributed by atoms with van der Waals surface area (Å²) in [5, 5.41) is 12.0. The molecular weight excluding hydrogens is 258 g/mol. The van der Waals surface area contributed by atoms with Crippen molar-refractivity contribution in [1.82, 2.24) is 5.32 Å². The van der Waals surface area contributed by atoms with Gasteiger partial charge < -0.3 is 10.2 Å². The van der Waals surface area contributed by atoms with Gasteiger partial charge in [0.15, 0.2) is 0 Å². The average molecular weight is 277 g/mol. The summed E-state index contributed by atoms with van der Waals surface area (Å²) < 4.78 is 0. The van der Waals surface area contributed by atoms with Crippen LogP contribution in [0, 0.1) is 11.3 Å². The van der Waals surface area contributed by atoms with E-state index in [1.54, 1.807) is 18.8 Å². The number of benzene rings is 1. The molecule has 0 aliphatic heterocycles. The van der Waals surface area contributed by atoms with Crippen LogP contribution in [0.5, 0.6) is 0 Å². The van der Waals surface area contributed by atoms with E-state index >= 15 is 0 Å².